The third-order valence-corrected chi connectivity index (χ3v) is 5.68. The normalized spacial score (nSPS) is 13.4. The van der Waals surface area contributed by atoms with E-state index in [4.69, 9.17) is 4.74 Å². The van der Waals surface area contributed by atoms with Crippen LogP contribution in [0.3, 0.4) is 0 Å². The zero-order chi connectivity index (χ0) is 19.8. The fourth-order valence-corrected chi connectivity index (χ4v) is 4.14. The molecule has 0 radical (unpaired) electrons. The van der Waals surface area contributed by atoms with E-state index in [9.17, 15) is 4.79 Å². The standard InChI is InChI=1S/C24H23N3O2/c1-26-22-8-7-18(13-21(22)20-9-11-25-15-23(20)26)27-12-10-19(14-24(27)28)29-16-17-5-3-2-4-6-17/h2-8,10,12-14,25H,9,11,15-16H2,1H3. The maximum atomic E-state index is 12.7. The number of rotatable bonds is 4. The number of hydrogen-bond acceptors (Lipinski definition) is 3. The average Bonchev–Trinajstić information content (AvgIpc) is 3.05. The highest BCUT2D eigenvalue weighted by atomic mass is 16.5. The summed E-state index contributed by atoms with van der Waals surface area (Å²) in [7, 11) is 2.11. The van der Waals surface area contributed by atoms with Crippen molar-refractivity contribution in [2.75, 3.05) is 6.54 Å². The molecule has 2 aromatic carbocycles. The van der Waals surface area contributed by atoms with Crippen LogP contribution in [0.25, 0.3) is 16.6 Å². The van der Waals surface area contributed by atoms with Gasteiger partial charge in [-0.3, -0.25) is 9.36 Å². The quantitative estimate of drug-likeness (QED) is 0.584. The van der Waals surface area contributed by atoms with Crippen molar-refractivity contribution >= 4 is 10.9 Å². The first kappa shape index (κ1) is 17.8. The minimum absolute atomic E-state index is 0.0959. The molecule has 3 heterocycles. The lowest BCUT2D eigenvalue weighted by Gasteiger charge is -2.14. The Hall–Kier alpha value is -3.31. The van der Waals surface area contributed by atoms with E-state index in [2.05, 4.69) is 29.1 Å². The van der Waals surface area contributed by atoms with Crippen molar-refractivity contribution in [3.63, 3.8) is 0 Å². The summed E-state index contributed by atoms with van der Waals surface area (Å²) < 4.78 is 9.72. The molecule has 2 aromatic heterocycles. The van der Waals surface area contributed by atoms with Crippen LogP contribution < -0.4 is 15.6 Å². The Kier molecular flexibility index (Phi) is 4.45. The number of nitrogens with one attached hydrogen (secondary N) is 1. The molecule has 0 saturated carbocycles. The van der Waals surface area contributed by atoms with E-state index >= 15 is 0 Å². The van der Waals surface area contributed by atoms with Crippen LogP contribution in [-0.4, -0.2) is 15.7 Å². The number of benzene rings is 2. The SMILES string of the molecule is Cn1c2c(c3cc(-n4ccc(OCc5ccccc5)cc4=O)ccc31)CCNC2. The van der Waals surface area contributed by atoms with Crippen molar-refractivity contribution in [1.82, 2.24) is 14.5 Å². The van der Waals surface area contributed by atoms with Gasteiger partial charge in [-0.15, -0.1) is 0 Å². The molecule has 1 N–H and O–H groups in total. The minimum Gasteiger partial charge on any atom is -0.489 e. The van der Waals surface area contributed by atoms with Crippen molar-refractivity contribution < 1.29 is 4.74 Å². The number of aromatic nitrogens is 2. The van der Waals surface area contributed by atoms with Gasteiger partial charge in [-0.05, 0) is 48.4 Å². The van der Waals surface area contributed by atoms with E-state index in [0.29, 0.717) is 12.4 Å². The number of aryl methyl sites for hydroxylation is 1. The first-order chi connectivity index (χ1) is 14.2. The first-order valence-corrected chi connectivity index (χ1v) is 9.91. The van der Waals surface area contributed by atoms with Gasteiger partial charge in [0.25, 0.3) is 5.56 Å². The van der Waals surface area contributed by atoms with Gasteiger partial charge in [0.1, 0.15) is 12.4 Å². The zero-order valence-electron chi connectivity index (χ0n) is 16.4. The Balaban J connectivity index is 1.46. The summed E-state index contributed by atoms with van der Waals surface area (Å²) in [6.45, 7) is 2.33. The van der Waals surface area contributed by atoms with Crippen LogP contribution in [0.1, 0.15) is 16.8 Å². The van der Waals surface area contributed by atoms with Gasteiger partial charge in [-0.25, -0.2) is 0 Å². The minimum atomic E-state index is -0.0959. The first-order valence-electron chi connectivity index (χ1n) is 9.91. The summed E-state index contributed by atoms with van der Waals surface area (Å²) in [6, 6.07) is 19.6. The van der Waals surface area contributed by atoms with Crippen molar-refractivity contribution in [1.29, 1.82) is 0 Å². The highest BCUT2D eigenvalue weighted by Crippen LogP contribution is 2.29. The number of ether oxygens (including phenoxy) is 1. The average molecular weight is 385 g/mol. The van der Waals surface area contributed by atoms with Crippen LogP contribution >= 0.6 is 0 Å². The topological polar surface area (TPSA) is 48.2 Å². The Morgan fingerprint density at radius 2 is 1.93 bits per heavy atom. The van der Waals surface area contributed by atoms with Crippen LogP contribution in [0.5, 0.6) is 5.75 Å². The molecule has 0 amide bonds. The second kappa shape index (κ2) is 7.26. The molecule has 0 saturated heterocycles. The summed E-state index contributed by atoms with van der Waals surface area (Å²) in [5.41, 5.74) is 5.79. The van der Waals surface area contributed by atoms with Gasteiger partial charge < -0.3 is 14.6 Å². The fraction of sp³-hybridized carbons (Fsp3) is 0.208. The third-order valence-electron chi connectivity index (χ3n) is 5.68. The highest BCUT2D eigenvalue weighted by Gasteiger charge is 2.18. The Morgan fingerprint density at radius 1 is 1.07 bits per heavy atom. The van der Waals surface area contributed by atoms with Gasteiger partial charge in [-0.2, -0.15) is 0 Å². The molecule has 5 nitrogen and oxygen atoms in total. The van der Waals surface area contributed by atoms with E-state index in [0.717, 1.165) is 30.8 Å². The molecule has 5 rings (SSSR count). The molecule has 0 aliphatic carbocycles. The fourth-order valence-electron chi connectivity index (χ4n) is 4.14. The number of nitrogens with zero attached hydrogens (tertiary/aromatic N) is 2. The van der Waals surface area contributed by atoms with Gasteiger partial charge in [0.2, 0.25) is 0 Å². The van der Waals surface area contributed by atoms with Gasteiger partial charge in [0, 0.05) is 48.1 Å². The van der Waals surface area contributed by atoms with Crippen molar-refractivity contribution in [2.24, 2.45) is 7.05 Å². The number of pyridine rings is 1. The molecule has 0 atom stereocenters. The van der Waals surface area contributed by atoms with Crippen LogP contribution in [0.4, 0.5) is 0 Å². The molecule has 146 valence electrons. The molecule has 5 heteroatoms. The lowest BCUT2D eigenvalue weighted by Crippen LogP contribution is -2.24. The molecule has 0 fully saturated rings. The van der Waals surface area contributed by atoms with Gasteiger partial charge in [0.05, 0.1) is 0 Å². The second-order valence-electron chi connectivity index (χ2n) is 7.46. The lowest BCUT2D eigenvalue weighted by atomic mass is 10.0. The van der Waals surface area contributed by atoms with Gasteiger partial charge >= 0.3 is 0 Å². The second-order valence-corrected chi connectivity index (χ2v) is 7.46. The Morgan fingerprint density at radius 3 is 2.76 bits per heavy atom. The number of hydrogen-bond donors (Lipinski definition) is 1. The Bertz CT molecular complexity index is 1240. The molecule has 0 spiro atoms. The number of fused-ring (bicyclic) bond motifs is 3. The monoisotopic (exact) mass is 385 g/mol. The maximum absolute atomic E-state index is 12.7. The van der Waals surface area contributed by atoms with E-state index in [1.807, 2.05) is 42.5 Å². The van der Waals surface area contributed by atoms with E-state index in [-0.39, 0.29) is 5.56 Å². The molecule has 29 heavy (non-hydrogen) atoms. The van der Waals surface area contributed by atoms with Crippen molar-refractivity contribution in [3.05, 3.63) is 94.0 Å². The molecule has 0 unspecified atom stereocenters. The maximum Gasteiger partial charge on any atom is 0.258 e. The summed E-state index contributed by atoms with van der Waals surface area (Å²) in [5, 5.41) is 4.67. The largest absolute Gasteiger partial charge is 0.489 e. The lowest BCUT2D eigenvalue weighted by molar-refractivity contribution is 0.305. The molecule has 1 aliphatic heterocycles. The van der Waals surface area contributed by atoms with Crippen molar-refractivity contribution in [2.45, 2.75) is 19.6 Å². The summed E-state index contributed by atoms with van der Waals surface area (Å²) in [4.78, 5) is 12.7. The molecular weight excluding hydrogens is 362 g/mol. The summed E-state index contributed by atoms with van der Waals surface area (Å²) >= 11 is 0. The molecule has 0 bridgehead atoms. The predicted octanol–water partition coefficient (Wildman–Crippen LogP) is 3.55. The summed E-state index contributed by atoms with van der Waals surface area (Å²) in [6.07, 6.45) is 2.80. The van der Waals surface area contributed by atoms with E-state index in [1.54, 1.807) is 16.8 Å². The van der Waals surface area contributed by atoms with Crippen LogP contribution in [0, 0.1) is 0 Å². The van der Waals surface area contributed by atoms with E-state index < -0.39 is 0 Å². The molecule has 4 aromatic rings. The summed E-state index contributed by atoms with van der Waals surface area (Å²) in [5.74, 6) is 0.583. The van der Waals surface area contributed by atoms with Gasteiger partial charge in [-0.1, -0.05) is 30.3 Å². The van der Waals surface area contributed by atoms with Crippen molar-refractivity contribution in [3.8, 4) is 11.4 Å². The van der Waals surface area contributed by atoms with Crippen LogP contribution in [-0.2, 0) is 26.6 Å². The Labute approximate surface area is 169 Å². The van der Waals surface area contributed by atoms with Crippen LogP contribution in [0.2, 0.25) is 0 Å². The third kappa shape index (κ3) is 3.23. The zero-order valence-corrected chi connectivity index (χ0v) is 16.4. The smallest absolute Gasteiger partial charge is 0.258 e. The van der Waals surface area contributed by atoms with Gasteiger partial charge in [0.15, 0.2) is 0 Å². The molecular formula is C24H23N3O2. The van der Waals surface area contributed by atoms with E-state index in [1.165, 1.54) is 22.2 Å². The molecule has 1 aliphatic rings. The predicted molar refractivity (Wildman–Crippen MR) is 115 cm³/mol. The highest BCUT2D eigenvalue weighted by molar-refractivity contribution is 5.87. The van der Waals surface area contributed by atoms with Crippen LogP contribution in [0.15, 0.2) is 71.7 Å².